The van der Waals surface area contributed by atoms with Crippen molar-refractivity contribution in [2.45, 2.75) is 46.6 Å². The average Bonchev–Trinajstić information content (AvgIpc) is 3.19. The second-order valence-electron chi connectivity index (χ2n) is 7.18. The highest BCUT2D eigenvalue weighted by Gasteiger charge is 2.39. The van der Waals surface area contributed by atoms with Gasteiger partial charge < -0.3 is 10.1 Å². The van der Waals surface area contributed by atoms with Crippen molar-refractivity contribution in [1.29, 1.82) is 0 Å². The quantitative estimate of drug-likeness (QED) is 0.374. The number of amides is 1. The average molecular weight is 522 g/mol. The minimum absolute atomic E-state index is 0.0275. The van der Waals surface area contributed by atoms with Crippen LogP contribution in [0.25, 0.3) is 0 Å². The molecular weight excluding hydrogens is 498 g/mol. The number of carbonyl (C=O) groups excluding carboxylic acids is 1. The molecule has 3 rings (SSSR count). The Labute approximate surface area is 194 Å². The minimum Gasteiger partial charge on any atom is -0.410 e. The minimum atomic E-state index is -4.41. The Balaban J connectivity index is 1.78. The number of hydrogen-bond donors (Lipinski definition) is 4. The van der Waals surface area contributed by atoms with Gasteiger partial charge in [-0.05, 0) is 43.7 Å². The molecule has 0 fully saturated rings. The predicted molar refractivity (Wildman–Crippen MR) is 115 cm³/mol. The first-order valence-electron chi connectivity index (χ1n) is 9.69. The molecule has 182 valence electrons. The van der Waals surface area contributed by atoms with E-state index in [9.17, 15) is 21.6 Å². The summed E-state index contributed by atoms with van der Waals surface area (Å²) in [5.41, 5.74) is 0.763. The van der Waals surface area contributed by atoms with Crippen LogP contribution in [0.1, 0.15) is 37.4 Å². The van der Waals surface area contributed by atoms with Crippen molar-refractivity contribution >= 4 is 37.3 Å². The number of hydrogen-bond acceptors (Lipinski definition) is 12. The van der Waals surface area contributed by atoms with Crippen LogP contribution in [0.3, 0.4) is 0 Å². The van der Waals surface area contributed by atoms with Crippen LogP contribution in [0.4, 0.5) is 4.79 Å². The molecule has 0 spiro atoms. The molecule has 2 aromatic rings. The molecule has 1 unspecified atom stereocenters. The maximum atomic E-state index is 12.8. The van der Waals surface area contributed by atoms with E-state index in [1.54, 1.807) is 17.7 Å². The van der Waals surface area contributed by atoms with Crippen molar-refractivity contribution in [3.63, 3.8) is 0 Å². The molecule has 2 heterocycles. The van der Waals surface area contributed by atoms with Gasteiger partial charge in [-0.3, -0.25) is 10.4 Å². The van der Waals surface area contributed by atoms with E-state index in [1.807, 2.05) is 6.92 Å². The Kier molecular flexibility index (Phi) is 7.75. The number of sulfone groups is 1. The van der Waals surface area contributed by atoms with Gasteiger partial charge in [0.2, 0.25) is 0 Å². The molecule has 1 aromatic carbocycles. The summed E-state index contributed by atoms with van der Waals surface area (Å²) in [6, 6.07) is 6.67. The molecule has 2 atom stereocenters. The lowest BCUT2D eigenvalue weighted by Crippen LogP contribution is -2.33. The van der Waals surface area contributed by atoms with Crippen molar-refractivity contribution in [1.82, 2.24) is 15.4 Å². The molecule has 0 bridgehead atoms. The summed E-state index contributed by atoms with van der Waals surface area (Å²) >= 11 is 0.588. The fraction of sp³-hybridized carbons (Fsp3) is 0.389. The monoisotopic (exact) mass is 521 g/mol. The SMILES string of the molecule is CCN[C@H]1CC(C)S(=O)(=O)c2sc(S(=O)(=O)NC(=O)Oc3cccc(CON(O)O)c3)cc21. The second-order valence-corrected chi connectivity index (χ2v) is 12.7. The van der Waals surface area contributed by atoms with Crippen LogP contribution in [0.5, 0.6) is 5.75 Å². The lowest BCUT2D eigenvalue weighted by Gasteiger charge is -2.27. The van der Waals surface area contributed by atoms with Gasteiger partial charge in [0.05, 0.1) is 17.2 Å². The smallest absolute Gasteiger partial charge is 0.410 e. The third kappa shape index (κ3) is 5.88. The van der Waals surface area contributed by atoms with Crippen LogP contribution in [0.2, 0.25) is 0 Å². The van der Waals surface area contributed by atoms with Crippen LogP contribution >= 0.6 is 11.3 Å². The van der Waals surface area contributed by atoms with Gasteiger partial charge in [-0.15, -0.1) is 11.3 Å². The topological polar surface area (TPSA) is 172 Å². The van der Waals surface area contributed by atoms with Crippen molar-refractivity contribution < 1.29 is 41.6 Å². The molecule has 0 saturated carbocycles. The van der Waals surface area contributed by atoms with Gasteiger partial charge in [0.15, 0.2) is 9.84 Å². The third-order valence-electron chi connectivity index (χ3n) is 4.82. The summed E-state index contributed by atoms with van der Waals surface area (Å²) in [5, 5.41) is 19.2. The Morgan fingerprint density at radius 3 is 2.70 bits per heavy atom. The molecule has 1 aromatic heterocycles. The first-order chi connectivity index (χ1) is 15.4. The van der Waals surface area contributed by atoms with E-state index < -0.39 is 36.6 Å². The zero-order chi connectivity index (χ0) is 24.4. The van der Waals surface area contributed by atoms with Gasteiger partial charge in [-0.1, -0.05) is 19.1 Å². The highest BCUT2D eigenvalue weighted by molar-refractivity contribution is 7.95. The predicted octanol–water partition coefficient (Wildman–Crippen LogP) is 1.95. The number of rotatable bonds is 8. The normalized spacial score (nSPS) is 19.8. The highest BCUT2D eigenvalue weighted by Crippen LogP contribution is 2.42. The van der Waals surface area contributed by atoms with Crippen molar-refractivity contribution in [3.8, 4) is 5.75 Å². The summed E-state index contributed by atoms with van der Waals surface area (Å²) < 4.78 is 57.3. The molecule has 1 aliphatic heterocycles. The largest absolute Gasteiger partial charge is 0.426 e. The Morgan fingerprint density at radius 1 is 1.30 bits per heavy atom. The molecule has 1 amide bonds. The van der Waals surface area contributed by atoms with Gasteiger partial charge in [0, 0.05) is 11.6 Å². The Morgan fingerprint density at radius 2 is 2.03 bits per heavy atom. The van der Waals surface area contributed by atoms with Gasteiger partial charge >= 0.3 is 6.09 Å². The van der Waals surface area contributed by atoms with E-state index in [4.69, 9.17) is 15.2 Å². The van der Waals surface area contributed by atoms with E-state index in [-0.39, 0.29) is 26.8 Å². The van der Waals surface area contributed by atoms with Crippen molar-refractivity contribution in [3.05, 3.63) is 41.5 Å². The first kappa shape index (κ1) is 25.5. The summed E-state index contributed by atoms with van der Waals surface area (Å²) in [6.07, 6.45) is -0.996. The zero-order valence-corrected chi connectivity index (χ0v) is 20.0. The maximum Gasteiger partial charge on any atom is 0.426 e. The van der Waals surface area contributed by atoms with E-state index in [0.29, 0.717) is 35.4 Å². The Bertz CT molecular complexity index is 1230. The fourth-order valence-corrected chi connectivity index (χ4v) is 8.16. The second kappa shape index (κ2) is 10.0. The zero-order valence-electron chi connectivity index (χ0n) is 17.6. The van der Waals surface area contributed by atoms with E-state index in [2.05, 4.69) is 10.2 Å². The van der Waals surface area contributed by atoms with Crippen LogP contribution in [0.15, 0.2) is 38.8 Å². The van der Waals surface area contributed by atoms with Crippen LogP contribution in [-0.4, -0.2) is 50.5 Å². The number of nitrogens with zero attached hydrogens (tertiary/aromatic N) is 1. The summed E-state index contributed by atoms with van der Waals surface area (Å²) in [7, 11) is -8.09. The molecule has 15 heteroatoms. The Hall–Kier alpha value is -2.11. The molecule has 4 N–H and O–H groups in total. The van der Waals surface area contributed by atoms with E-state index >= 15 is 0 Å². The van der Waals surface area contributed by atoms with Crippen LogP contribution < -0.4 is 14.8 Å². The molecule has 1 aliphatic rings. The summed E-state index contributed by atoms with van der Waals surface area (Å²) in [5.74, 6) is -0.0275. The lowest BCUT2D eigenvalue weighted by atomic mass is 10.1. The lowest BCUT2D eigenvalue weighted by molar-refractivity contribution is -0.497. The molecular formula is C18H23N3O9S3. The van der Waals surface area contributed by atoms with E-state index in [1.165, 1.54) is 24.3 Å². The van der Waals surface area contributed by atoms with Gasteiger partial charge in [-0.25, -0.2) is 31.2 Å². The molecule has 12 nitrogen and oxygen atoms in total. The van der Waals surface area contributed by atoms with Gasteiger partial charge in [0.25, 0.3) is 10.0 Å². The highest BCUT2D eigenvalue weighted by atomic mass is 32.3. The van der Waals surface area contributed by atoms with E-state index in [0.717, 1.165) is 0 Å². The maximum absolute atomic E-state index is 12.8. The van der Waals surface area contributed by atoms with Crippen LogP contribution in [-0.2, 0) is 31.3 Å². The number of sulfonamides is 1. The molecule has 0 radical (unpaired) electrons. The van der Waals surface area contributed by atoms with Gasteiger partial charge in [0.1, 0.15) is 14.2 Å². The first-order valence-corrected chi connectivity index (χ1v) is 13.5. The van der Waals surface area contributed by atoms with Gasteiger partial charge in [-0.2, -0.15) is 0 Å². The summed E-state index contributed by atoms with van der Waals surface area (Å²) in [6.45, 7) is 3.74. The number of fused-ring (bicyclic) bond motifs is 1. The molecule has 33 heavy (non-hydrogen) atoms. The standard InChI is InChI=1S/C18H23N3O9S3/c1-3-19-15-7-11(2)32(25,26)17-14(15)9-16(31-17)33(27,28)20-18(22)30-13-6-4-5-12(8-13)10-29-21(23)24/h4-6,8-9,11,15,19,23-24H,3,7,10H2,1-2H3,(H,20,22)/t11?,15-/m0/s1. The van der Waals surface area contributed by atoms with Crippen LogP contribution in [0, 0.1) is 0 Å². The third-order valence-corrected chi connectivity index (χ3v) is 10.5. The number of carbonyl (C=O) groups is 1. The molecule has 0 aliphatic carbocycles. The number of nitrogens with one attached hydrogen (secondary N) is 2. The number of ether oxygens (including phenoxy) is 1. The van der Waals surface area contributed by atoms with Crippen molar-refractivity contribution in [2.75, 3.05) is 6.54 Å². The van der Waals surface area contributed by atoms with Crippen molar-refractivity contribution in [2.24, 2.45) is 0 Å². The summed E-state index contributed by atoms with van der Waals surface area (Å²) in [4.78, 5) is 16.7. The number of benzene rings is 1. The number of thiophene rings is 1. The molecule has 0 saturated heterocycles. The fourth-order valence-electron chi connectivity index (χ4n) is 3.29.